The van der Waals surface area contributed by atoms with Crippen LogP contribution in [0.2, 0.25) is 0 Å². The van der Waals surface area contributed by atoms with E-state index in [1.54, 1.807) is 31.2 Å². The van der Waals surface area contributed by atoms with Crippen LogP contribution < -0.4 is 15.6 Å². The predicted molar refractivity (Wildman–Crippen MR) is 127 cm³/mol. The number of ether oxygens (including phenoxy) is 1. The number of anilines is 1. The Morgan fingerprint density at radius 2 is 1.70 bits per heavy atom. The molecule has 0 spiro atoms. The minimum absolute atomic E-state index is 0.0671. The quantitative estimate of drug-likeness (QED) is 0.494. The van der Waals surface area contributed by atoms with Crippen LogP contribution in [0.25, 0.3) is 10.8 Å². The third-order valence-corrected chi connectivity index (χ3v) is 6.42. The molecule has 0 saturated carbocycles. The number of carbonyl (C=O) groups excluding carboxylic acids is 1. The van der Waals surface area contributed by atoms with Crippen molar-refractivity contribution in [2.45, 2.75) is 38.3 Å². The number of nitrogens with one attached hydrogen (secondary N) is 2. The maximum Gasteiger partial charge on any atom is 0.276 e. The highest BCUT2D eigenvalue weighted by Crippen LogP contribution is 2.18. The van der Waals surface area contributed by atoms with Crippen molar-refractivity contribution < 1.29 is 17.9 Å². The summed E-state index contributed by atoms with van der Waals surface area (Å²) in [5.74, 6) is -0.326. The lowest BCUT2D eigenvalue weighted by atomic mass is 10.1. The molecule has 0 aliphatic heterocycles. The SMILES string of the molecule is COCC(C)NS(=O)(=O)c1ccc(NC(=O)c2nn(CC(C)C)c(=O)c3ccccc23)cc1. The van der Waals surface area contributed by atoms with Crippen molar-refractivity contribution in [1.29, 1.82) is 0 Å². The van der Waals surface area contributed by atoms with Crippen LogP contribution in [0.5, 0.6) is 0 Å². The third kappa shape index (κ3) is 5.84. The van der Waals surface area contributed by atoms with Crippen LogP contribution in [0.4, 0.5) is 5.69 Å². The van der Waals surface area contributed by atoms with E-state index in [2.05, 4.69) is 15.1 Å². The molecule has 3 aromatic rings. The zero-order valence-electron chi connectivity index (χ0n) is 19.0. The van der Waals surface area contributed by atoms with E-state index in [9.17, 15) is 18.0 Å². The molecule has 0 radical (unpaired) electrons. The van der Waals surface area contributed by atoms with Crippen LogP contribution in [0.1, 0.15) is 31.3 Å². The van der Waals surface area contributed by atoms with Crippen molar-refractivity contribution >= 4 is 32.4 Å². The van der Waals surface area contributed by atoms with E-state index in [4.69, 9.17) is 4.74 Å². The Morgan fingerprint density at radius 1 is 1.06 bits per heavy atom. The molecule has 0 fully saturated rings. The van der Waals surface area contributed by atoms with Gasteiger partial charge in [-0.2, -0.15) is 5.10 Å². The average molecular weight is 473 g/mol. The number of methoxy groups -OCH3 is 1. The minimum Gasteiger partial charge on any atom is -0.383 e. The van der Waals surface area contributed by atoms with Gasteiger partial charge in [0.1, 0.15) is 0 Å². The molecule has 1 amide bonds. The lowest BCUT2D eigenvalue weighted by Gasteiger charge is -2.14. The lowest BCUT2D eigenvalue weighted by molar-refractivity contribution is 0.102. The number of aromatic nitrogens is 2. The van der Waals surface area contributed by atoms with E-state index in [1.807, 2.05) is 13.8 Å². The number of hydrogen-bond acceptors (Lipinski definition) is 6. The second-order valence-corrected chi connectivity index (χ2v) is 9.95. The molecule has 0 aliphatic carbocycles. The Morgan fingerprint density at radius 3 is 2.30 bits per heavy atom. The fourth-order valence-electron chi connectivity index (χ4n) is 3.40. The first-order valence-electron chi connectivity index (χ1n) is 10.5. The molecule has 1 atom stereocenters. The summed E-state index contributed by atoms with van der Waals surface area (Å²) in [5.41, 5.74) is 0.273. The summed E-state index contributed by atoms with van der Waals surface area (Å²) >= 11 is 0. The van der Waals surface area contributed by atoms with Crippen LogP contribution in [-0.2, 0) is 21.3 Å². The van der Waals surface area contributed by atoms with E-state index in [1.165, 1.54) is 36.1 Å². The molecule has 0 aliphatic rings. The van der Waals surface area contributed by atoms with E-state index in [-0.39, 0.29) is 34.7 Å². The Balaban J connectivity index is 1.87. The standard InChI is InChI=1S/C23H28N4O5S/c1-15(2)13-27-23(29)20-8-6-5-7-19(20)21(25-27)22(28)24-17-9-11-18(12-10-17)33(30,31)26-16(3)14-32-4/h5-12,15-16,26H,13-14H2,1-4H3,(H,24,28). The van der Waals surface area contributed by atoms with E-state index in [0.717, 1.165) is 0 Å². The van der Waals surface area contributed by atoms with Crippen molar-refractivity contribution in [1.82, 2.24) is 14.5 Å². The van der Waals surface area contributed by atoms with Gasteiger partial charge in [0.25, 0.3) is 11.5 Å². The van der Waals surface area contributed by atoms with Gasteiger partial charge in [-0.1, -0.05) is 32.0 Å². The maximum atomic E-state index is 13.0. The van der Waals surface area contributed by atoms with Crippen molar-refractivity contribution in [2.24, 2.45) is 5.92 Å². The first-order valence-corrected chi connectivity index (χ1v) is 12.0. The van der Waals surface area contributed by atoms with Gasteiger partial charge in [-0.15, -0.1) is 0 Å². The summed E-state index contributed by atoms with van der Waals surface area (Å²) in [6.07, 6.45) is 0. The summed E-state index contributed by atoms with van der Waals surface area (Å²) in [5, 5.41) is 7.92. The van der Waals surface area contributed by atoms with Gasteiger partial charge in [0.05, 0.1) is 16.9 Å². The van der Waals surface area contributed by atoms with Crippen LogP contribution in [-0.4, -0.2) is 43.9 Å². The highest BCUT2D eigenvalue weighted by molar-refractivity contribution is 7.89. The number of rotatable bonds is 9. The van der Waals surface area contributed by atoms with E-state index < -0.39 is 15.9 Å². The Kier molecular flexibility index (Phi) is 7.62. The molecular formula is C23H28N4O5S. The van der Waals surface area contributed by atoms with Crippen LogP contribution >= 0.6 is 0 Å². The second kappa shape index (κ2) is 10.2. The van der Waals surface area contributed by atoms with Gasteiger partial charge in [0.15, 0.2) is 5.69 Å². The van der Waals surface area contributed by atoms with Gasteiger partial charge < -0.3 is 10.1 Å². The van der Waals surface area contributed by atoms with Crippen LogP contribution in [0.15, 0.2) is 58.2 Å². The zero-order valence-corrected chi connectivity index (χ0v) is 19.8. The highest BCUT2D eigenvalue weighted by atomic mass is 32.2. The summed E-state index contributed by atoms with van der Waals surface area (Å²) in [4.78, 5) is 25.9. The first kappa shape index (κ1) is 24.6. The number of amides is 1. The number of fused-ring (bicyclic) bond motifs is 1. The molecule has 1 heterocycles. The Bertz CT molecular complexity index is 1300. The summed E-state index contributed by atoms with van der Waals surface area (Å²) < 4.78 is 33.7. The number of nitrogens with zero attached hydrogens (tertiary/aromatic N) is 2. The molecule has 1 aromatic heterocycles. The van der Waals surface area contributed by atoms with Gasteiger partial charge in [0.2, 0.25) is 10.0 Å². The van der Waals surface area contributed by atoms with Crippen molar-refractivity contribution in [3.8, 4) is 0 Å². The van der Waals surface area contributed by atoms with Gasteiger partial charge in [-0.3, -0.25) is 9.59 Å². The molecule has 1 unspecified atom stereocenters. The fraction of sp³-hybridized carbons (Fsp3) is 0.348. The van der Waals surface area contributed by atoms with Crippen LogP contribution in [0.3, 0.4) is 0 Å². The highest BCUT2D eigenvalue weighted by Gasteiger charge is 2.19. The van der Waals surface area contributed by atoms with Crippen molar-refractivity contribution in [2.75, 3.05) is 19.0 Å². The summed E-state index contributed by atoms with van der Waals surface area (Å²) in [6.45, 7) is 6.25. The minimum atomic E-state index is -3.72. The number of sulfonamides is 1. The zero-order chi connectivity index (χ0) is 24.2. The molecule has 176 valence electrons. The van der Waals surface area contributed by atoms with Gasteiger partial charge >= 0.3 is 0 Å². The lowest BCUT2D eigenvalue weighted by Crippen LogP contribution is -2.35. The Labute approximate surface area is 192 Å². The monoisotopic (exact) mass is 472 g/mol. The summed E-state index contributed by atoms with van der Waals surface area (Å²) in [6, 6.07) is 12.3. The molecule has 9 nitrogen and oxygen atoms in total. The number of hydrogen-bond donors (Lipinski definition) is 2. The van der Waals surface area contributed by atoms with Crippen LogP contribution in [0, 0.1) is 5.92 Å². The average Bonchev–Trinajstić information content (AvgIpc) is 2.75. The molecule has 2 aromatic carbocycles. The fourth-order valence-corrected chi connectivity index (χ4v) is 4.63. The number of carbonyl (C=O) groups is 1. The molecule has 10 heteroatoms. The molecule has 0 saturated heterocycles. The Hall–Kier alpha value is -3.08. The maximum absolute atomic E-state index is 13.0. The third-order valence-electron chi connectivity index (χ3n) is 4.82. The number of benzene rings is 2. The molecule has 33 heavy (non-hydrogen) atoms. The van der Waals surface area contributed by atoms with E-state index in [0.29, 0.717) is 23.0 Å². The van der Waals surface area contributed by atoms with Crippen molar-refractivity contribution in [3.63, 3.8) is 0 Å². The van der Waals surface area contributed by atoms with Gasteiger partial charge in [0, 0.05) is 30.8 Å². The topological polar surface area (TPSA) is 119 Å². The molecule has 0 bridgehead atoms. The first-order chi connectivity index (χ1) is 15.6. The largest absolute Gasteiger partial charge is 0.383 e. The smallest absolute Gasteiger partial charge is 0.276 e. The molecular weight excluding hydrogens is 444 g/mol. The van der Waals surface area contributed by atoms with Crippen molar-refractivity contribution in [3.05, 3.63) is 64.6 Å². The van der Waals surface area contributed by atoms with E-state index >= 15 is 0 Å². The van der Waals surface area contributed by atoms with Gasteiger partial charge in [-0.25, -0.2) is 17.8 Å². The molecule has 3 rings (SSSR count). The van der Waals surface area contributed by atoms with Gasteiger partial charge in [-0.05, 0) is 43.2 Å². The molecule has 2 N–H and O–H groups in total. The second-order valence-electron chi connectivity index (χ2n) is 8.23. The summed E-state index contributed by atoms with van der Waals surface area (Å²) in [7, 11) is -2.23. The normalized spacial score (nSPS) is 12.8. The predicted octanol–water partition coefficient (Wildman–Crippen LogP) is 2.62.